The van der Waals surface area contributed by atoms with Crippen LogP contribution in [0.15, 0.2) is 48.5 Å². The minimum Gasteiger partial charge on any atom is -0.480 e. The van der Waals surface area contributed by atoms with Crippen molar-refractivity contribution in [3.63, 3.8) is 0 Å². The highest BCUT2D eigenvalue weighted by Crippen LogP contribution is 2.23. The zero-order chi connectivity index (χ0) is 50.5. The molecule has 0 heterocycles. The Morgan fingerprint density at radius 1 is 0.701 bits per heavy atom. The zero-order valence-electron chi connectivity index (χ0n) is 41.4. The third kappa shape index (κ3) is 23.0. The van der Waals surface area contributed by atoms with Gasteiger partial charge in [-0.15, -0.1) is 0 Å². The van der Waals surface area contributed by atoms with Gasteiger partial charge < -0.3 is 56.5 Å². The number of nitrogens with one attached hydrogen (secondary N) is 5. The number of rotatable bonds is 26. The van der Waals surface area contributed by atoms with Gasteiger partial charge in [-0.3, -0.25) is 19.2 Å². The molecule has 2 aromatic carbocycles. The smallest absolute Gasteiger partial charge is 0.410 e. The molecule has 5 atom stereocenters. The number of carboxylic acid groups (broad SMARTS) is 1. The number of amides is 6. The molecule has 8 N–H and O–H groups in total. The van der Waals surface area contributed by atoms with Crippen molar-refractivity contribution in [1.29, 1.82) is 0 Å². The molecule has 6 amide bonds. The molecule has 2 rings (SSSR count). The summed E-state index contributed by atoms with van der Waals surface area (Å²) in [5, 5.41) is 22.3. The Morgan fingerprint density at radius 3 is 1.81 bits per heavy atom. The van der Waals surface area contributed by atoms with Gasteiger partial charge in [0.2, 0.25) is 17.7 Å². The highest BCUT2D eigenvalue weighted by molar-refractivity contribution is 5.95. The van der Waals surface area contributed by atoms with E-state index in [1.54, 1.807) is 48.5 Å². The molecule has 18 nitrogen and oxygen atoms in total. The Hall–Kier alpha value is -5.75. The maximum Gasteiger partial charge on any atom is 0.410 e. The summed E-state index contributed by atoms with van der Waals surface area (Å²) in [6.07, 6.45) is -0.0799. The Kier molecular flexibility index (Phi) is 23.8. The number of unbranched alkanes of at least 4 members (excludes halogenated alkanes) is 2. The summed E-state index contributed by atoms with van der Waals surface area (Å²) in [4.78, 5) is 92.4. The van der Waals surface area contributed by atoms with Gasteiger partial charge in [-0.25, -0.2) is 14.4 Å². The van der Waals surface area contributed by atoms with Crippen LogP contribution in [0.4, 0.5) is 9.59 Å². The molecule has 2 aromatic rings. The SMILES string of the molecule is CCCCc1ccc(-c2ccc(CN(CCC(NC(C)=O)C(=O)NC(C(=O)NC(N)C(=O)NC(CCCCNC(=O)OC(C)(C)C)C(=O)O)C(C)OCC(C)C)C(=O)OC(C)(C)C)cc2)cc1. The van der Waals surface area contributed by atoms with Crippen LogP contribution in [0.3, 0.4) is 0 Å². The topological polar surface area (TPSA) is 257 Å². The molecule has 0 aromatic heterocycles. The number of carbonyl (C=O) groups excluding carboxylic acids is 6. The van der Waals surface area contributed by atoms with Crippen LogP contribution in [0, 0.1) is 5.92 Å². The minimum absolute atomic E-state index is 0.00707. The third-order valence-electron chi connectivity index (χ3n) is 9.99. The predicted molar refractivity (Wildman–Crippen MR) is 255 cm³/mol. The van der Waals surface area contributed by atoms with Gasteiger partial charge in [0, 0.05) is 33.2 Å². The van der Waals surface area contributed by atoms with Crippen LogP contribution in [-0.2, 0) is 51.1 Å². The molecule has 0 aliphatic rings. The summed E-state index contributed by atoms with van der Waals surface area (Å²) in [5.41, 5.74) is 8.69. The van der Waals surface area contributed by atoms with Crippen molar-refractivity contribution in [3.05, 3.63) is 59.7 Å². The summed E-state index contributed by atoms with van der Waals surface area (Å²) < 4.78 is 16.8. The molecule has 67 heavy (non-hydrogen) atoms. The molecule has 0 saturated heterocycles. The van der Waals surface area contributed by atoms with Crippen LogP contribution in [0.25, 0.3) is 11.1 Å². The predicted octanol–water partition coefficient (Wildman–Crippen LogP) is 5.54. The Bertz CT molecular complexity index is 1910. The molecule has 0 bridgehead atoms. The highest BCUT2D eigenvalue weighted by atomic mass is 16.6. The average Bonchev–Trinajstić information content (AvgIpc) is 3.22. The first-order chi connectivity index (χ1) is 31.3. The van der Waals surface area contributed by atoms with Crippen molar-refractivity contribution in [2.45, 2.75) is 169 Å². The second kappa shape index (κ2) is 27.8. The van der Waals surface area contributed by atoms with E-state index >= 15 is 0 Å². The van der Waals surface area contributed by atoms with Crippen LogP contribution < -0.4 is 32.3 Å². The molecule has 18 heteroatoms. The van der Waals surface area contributed by atoms with E-state index < -0.39 is 83.4 Å². The van der Waals surface area contributed by atoms with Gasteiger partial charge in [0.1, 0.15) is 29.3 Å². The molecule has 0 saturated carbocycles. The first-order valence-corrected chi connectivity index (χ1v) is 23.2. The number of nitrogens with zero attached hydrogens (tertiary/aromatic N) is 1. The van der Waals surface area contributed by atoms with Gasteiger partial charge in [-0.05, 0) is 115 Å². The minimum atomic E-state index is -1.74. The summed E-state index contributed by atoms with van der Waals surface area (Å²) in [7, 11) is 0. The van der Waals surface area contributed by atoms with Gasteiger partial charge in [0.15, 0.2) is 6.17 Å². The normalized spacial score (nSPS) is 13.8. The van der Waals surface area contributed by atoms with E-state index in [0.717, 1.165) is 36.0 Å². The van der Waals surface area contributed by atoms with Crippen molar-refractivity contribution in [1.82, 2.24) is 31.5 Å². The van der Waals surface area contributed by atoms with Crippen molar-refractivity contribution in [3.8, 4) is 11.1 Å². The summed E-state index contributed by atoms with van der Waals surface area (Å²) in [6.45, 7) is 19.6. The number of aliphatic carboxylic acids is 1. The summed E-state index contributed by atoms with van der Waals surface area (Å²) >= 11 is 0. The van der Waals surface area contributed by atoms with Crippen molar-refractivity contribution < 1.29 is 52.9 Å². The van der Waals surface area contributed by atoms with E-state index in [0.29, 0.717) is 12.8 Å². The van der Waals surface area contributed by atoms with E-state index in [2.05, 4.69) is 57.8 Å². The van der Waals surface area contributed by atoms with Crippen LogP contribution in [-0.4, -0.2) is 113 Å². The van der Waals surface area contributed by atoms with Crippen LogP contribution in [0.5, 0.6) is 0 Å². The van der Waals surface area contributed by atoms with E-state index in [1.165, 1.54) is 17.4 Å². The Morgan fingerprint density at radius 2 is 1.28 bits per heavy atom. The van der Waals surface area contributed by atoms with Crippen molar-refractivity contribution in [2.24, 2.45) is 11.7 Å². The molecule has 0 fully saturated rings. The van der Waals surface area contributed by atoms with Crippen LogP contribution in [0.2, 0.25) is 0 Å². The van der Waals surface area contributed by atoms with Crippen molar-refractivity contribution >= 4 is 41.8 Å². The van der Waals surface area contributed by atoms with E-state index in [4.69, 9.17) is 19.9 Å². The fourth-order valence-electron chi connectivity index (χ4n) is 6.52. The van der Waals surface area contributed by atoms with Crippen molar-refractivity contribution in [2.75, 3.05) is 19.7 Å². The molecule has 374 valence electrons. The standard InChI is InChI=1S/C49H77N7O11/c1-12-13-16-34-18-22-36(23-19-34)37-24-20-35(21-25-37)29-56(47(64)67-49(9,10)11)28-26-38(52-33(5)57)42(58)54-40(32(4)65-30-31(2)3)43(59)55-41(50)44(60)53-39(45(61)62)17-14-15-27-51-46(63)66-48(6,7)8/h18-25,31-32,38-41H,12-17,26-30,50H2,1-11H3,(H,51,63)(H,52,57)(H,53,60)(H,54,58)(H,55,59)(H,61,62). The van der Waals surface area contributed by atoms with Gasteiger partial charge in [-0.2, -0.15) is 0 Å². The molecule has 0 radical (unpaired) electrons. The maximum absolute atomic E-state index is 14.0. The molecule has 5 unspecified atom stereocenters. The second-order valence-electron chi connectivity index (χ2n) is 19.2. The molecule has 0 aliphatic heterocycles. The number of alkyl carbamates (subject to hydrolysis) is 1. The number of nitrogens with two attached hydrogens (primary N) is 1. The largest absolute Gasteiger partial charge is 0.480 e. The highest BCUT2D eigenvalue weighted by Gasteiger charge is 2.34. The number of hydrogen-bond acceptors (Lipinski definition) is 11. The lowest BCUT2D eigenvalue weighted by molar-refractivity contribution is -0.142. The lowest BCUT2D eigenvalue weighted by Crippen LogP contribution is -2.62. The average molecular weight is 940 g/mol. The summed E-state index contributed by atoms with van der Waals surface area (Å²) in [6, 6.07) is 12.2. The molecule has 0 spiro atoms. The van der Waals surface area contributed by atoms with Gasteiger partial charge in [0.25, 0.3) is 5.91 Å². The monoisotopic (exact) mass is 940 g/mol. The quantitative estimate of drug-likeness (QED) is 0.0454. The van der Waals surface area contributed by atoms with Gasteiger partial charge in [-0.1, -0.05) is 75.7 Å². The zero-order valence-corrected chi connectivity index (χ0v) is 41.4. The lowest BCUT2D eigenvalue weighted by atomic mass is 10.0. The number of carbonyl (C=O) groups is 7. The maximum atomic E-state index is 14.0. The van der Waals surface area contributed by atoms with E-state index in [9.17, 15) is 38.7 Å². The Balaban J connectivity index is 2.23. The van der Waals surface area contributed by atoms with Gasteiger partial charge >= 0.3 is 18.2 Å². The number of hydrogen-bond donors (Lipinski definition) is 7. The van der Waals surface area contributed by atoms with Gasteiger partial charge in [0.05, 0.1) is 6.10 Å². The van der Waals surface area contributed by atoms with E-state index in [-0.39, 0.29) is 45.0 Å². The van der Waals surface area contributed by atoms with E-state index in [1.807, 2.05) is 38.1 Å². The fraction of sp³-hybridized carbons (Fsp3) is 0.612. The number of aryl methyl sites for hydroxylation is 1. The lowest BCUT2D eigenvalue weighted by Gasteiger charge is -2.30. The fourth-order valence-corrected chi connectivity index (χ4v) is 6.52. The molecule has 0 aliphatic carbocycles. The first-order valence-electron chi connectivity index (χ1n) is 23.2. The molecular weight excluding hydrogens is 863 g/mol. The van der Waals surface area contributed by atoms with Crippen LogP contribution >= 0.6 is 0 Å². The molecular formula is C49H77N7O11. The number of benzene rings is 2. The number of carboxylic acids is 1. The number of ether oxygens (including phenoxy) is 3. The first kappa shape index (κ1) is 57.4. The summed E-state index contributed by atoms with van der Waals surface area (Å²) in [5.74, 6) is -4.54. The Labute approximate surface area is 396 Å². The van der Waals surface area contributed by atoms with Crippen LogP contribution in [0.1, 0.15) is 126 Å². The second-order valence-corrected chi connectivity index (χ2v) is 19.2. The third-order valence-corrected chi connectivity index (χ3v) is 9.99.